The summed E-state index contributed by atoms with van der Waals surface area (Å²) in [6, 6.07) is 11.0. The van der Waals surface area contributed by atoms with E-state index in [0.717, 1.165) is 11.1 Å². The number of rotatable bonds is 4. The van der Waals surface area contributed by atoms with Crippen LogP contribution in [-0.4, -0.2) is 17.9 Å². The van der Waals surface area contributed by atoms with E-state index in [2.05, 4.69) is 6.58 Å². The van der Waals surface area contributed by atoms with E-state index >= 15 is 0 Å². The van der Waals surface area contributed by atoms with Gasteiger partial charge in [0.15, 0.2) is 0 Å². The smallest absolute Gasteiger partial charge is 0.254 e. The molecule has 0 bridgehead atoms. The van der Waals surface area contributed by atoms with Crippen LogP contribution < -0.4 is 0 Å². The first-order valence-electron chi connectivity index (χ1n) is 7.56. The average molecular weight is 381 g/mol. The zero-order valence-corrected chi connectivity index (χ0v) is 15.4. The molecule has 2 aromatic carbocycles. The van der Waals surface area contributed by atoms with E-state index in [9.17, 15) is 4.79 Å². The number of allylic oxidation sites excluding steroid dienone is 1. The predicted octanol–water partition coefficient (Wildman–Crippen LogP) is 6.13. The molecule has 0 aromatic heterocycles. The third-order valence-electron chi connectivity index (χ3n) is 4.48. The van der Waals surface area contributed by atoms with Crippen molar-refractivity contribution in [3.8, 4) is 0 Å². The van der Waals surface area contributed by atoms with Crippen LogP contribution in [0.4, 0.5) is 0 Å². The van der Waals surface area contributed by atoms with Gasteiger partial charge in [-0.25, -0.2) is 0 Å². The highest BCUT2D eigenvalue weighted by atomic mass is 35.5. The van der Waals surface area contributed by atoms with Gasteiger partial charge >= 0.3 is 0 Å². The van der Waals surface area contributed by atoms with E-state index in [4.69, 9.17) is 34.8 Å². The number of fused-ring (bicyclic) bond motifs is 1. The summed E-state index contributed by atoms with van der Waals surface area (Å²) in [5.74, 6) is 0.0141. The van der Waals surface area contributed by atoms with Crippen molar-refractivity contribution in [1.82, 2.24) is 4.90 Å². The van der Waals surface area contributed by atoms with Gasteiger partial charge in [0.05, 0.1) is 16.1 Å². The van der Waals surface area contributed by atoms with E-state index in [0.29, 0.717) is 27.1 Å². The van der Waals surface area contributed by atoms with Gasteiger partial charge in [-0.05, 0) is 41.8 Å². The van der Waals surface area contributed by atoms with Crippen molar-refractivity contribution in [2.45, 2.75) is 18.4 Å². The monoisotopic (exact) mass is 379 g/mol. The number of carbonyl (C=O) groups excluding carboxylic acids is 1. The molecule has 1 amide bonds. The summed E-state index contributed by atoms with van der Waals surface area (Å²) < 4.78 is 0. The third-order valence-corrected chi connectivity index (χ3v) is 5.45. The molecule has 3 rings (SSSR count). The zero-order valence-electron chi connectivity index (χ0n) is 13.1. The lowest BCUT2D eigenvalue weighted by atomic mass is 9.84. The van der Waals surface area contributed by atoms with Crippen LogP contribution in [0.15, 0.2) is 49.1 Å². The summed E-state index contributed by atoms with van der Waals surface area (Å²) >= 11 is 18.3. The van der Waals surface area contributed by atoms with Crippen LogP contribution in [0.3, 0.4) is 0 Å². The lowest BCUT2D eigenvalue weighted by Gasteiger charge is -2.30. The highest BCUT2D eigenvalue weighted by Crippen LogP contribution is 2.45. The minimum absolute atomic E-state index is 0.0216. The van der Waals surface area contributed by atoms with Gasteiger partial charge < -0.3 is 4.90 Å². The molecular weight excluding hydrogens is 365 g/mol. The second-order valence-corrected chi connectivity index (χ2v) is 7.15. The Morgan fingerprint density at radius 2 is 1.92 bits per heavy atom. The fraction of sp³-hybridized carbons (Fsp3) is 0.211. The second-order valence-electron chi connectivity index (χ2n) is 5.90. The molecule has 0 spiro atoms. The quantitative estimate of drug-likeness (QED) is 0.584. The number of hydrogen-bond acceptors (Lipinski definition) is 1. The van der Waals surface area contributed by atoms with Crippen molar-refractivity contribution in [2.24, 2.45) is 0 Å². The zero-order chi connectivity index (χ0) is 17.4. The lowest BCUT2D eigenvalue weighted by molar-refractivity contribution is 0.0755. The molecule has 2 unspecified atom stereocenters. The first-order valence-corrected chi connectivity index (χ1v) is 8.70. The number of benzene rings is 2. The van der Waals surface area contributed by atoms with Crippen LogP contribution in [0.2, 0.25) is 15.1 Å². The van der Waals surface area contributed by atoms with Crippen molar-refractivity contribution >= 4 is 40.7 Å². The summed E-state index contributed by atoms with van der Waals surface area (Å²) in [7, 11) is 1.81. The number of amides is 1. The number of nitrogens with zero attached hydrogens (tertiary/aromatic N) is 1. The van der Waals surface area contributed by atoms with Gasteiger partial charge in [0, 0.05) is 23.6 Å². The van der Waals surface area contributed by atoms with Gasteiger partial charge in [-0.1, -0.05) is 53.0 Å². The predicted molar refractivity (Wildman–Crippen MR) is 100 cm³/mol. The Labute approximate surface area is 156 Å². The maximum absolute atomic E-state index is 12.6. The van der Waals surface area contributed by atoms with Gasteiger partial charge in [-0.3, -0.25) is 4.79 Å². The van der Waals surface area contributed by atoms with Gasteiger partial charge in [0.1, 0.15) is 0 Å². The van der Waals surface area contributed by atoms with Crippen molar-refractivity contribution < 1.29 is 4.79 Å². The number of carbonyl (C=O) groups is 1. The maximum Gasteiger partial charge on any atom is 0.254 e. The van der Waals surface area contributed by atoms with E-state index in [1.165, 1.54) is 0 Å². The first-order chi connectivity index (χ1) is 11.4. The third kappa shape index (κ3) is 2.95. The first kappa shape index (κ1) is 17.3. The fourth-order valence-electron chi connectivity index (χ4n) is 3.35. The molecule has 2 nitrogen and oxygen atoms in total. The molecule has 0 fully saturated rings. The summed E-state index contributed by atoms with van der Waals surface area (Å²) in [6.07, 6.45) is 2.57. The van der Waals surface area contributed by atoms with Crippen LogP contribution in [0.5, 0.6) is 0 Å². The molecule has 0 saturated carbocycles. The van der Waals surface area contributed by atoms with Crippen molar-refractivity contribution in [1.29, 1.82) is 0 Å². The Balaban J connectivity index is 2.11. The molecular formula is C19H16Cl3NO. The summed E-state index contributed by atoms with van der Waals surface area (Å²) in [5.41, 5.74) is 2.66. The molecule has 0 aliphatic carbocycles. The largest absolute Gasteiger partial charge is 0.334 e. The number of hydrogen-bond donors (Lipinski definition) is 0. The van der Waals surface area contributed by atoms with Gasteiger partial charge in [0.2, 0.25) is 0 Å². The SMILES string of the molecule is C=CCC(c1ccc(Cl)c(Cl)c1)C1c2ccc(Cl)cc2C(=O)N1C. The molecule has 2 aromatic rings. The number of likely N-dealkylation sites (N-methyl/N-ethyl adjacent to an activating group) is 1. The summed E-state index contributed by atoms with van der Waals surface area (Å²) in [6.45, 7) is 3.87. The summed E-state index contributed by atoms with van der Waals surface area (Å²) in [4.78, 5) is 14.4. The van der Waals surface area contributed by atoms with Crippen LogP contribution in [-0.2, 0) is 0 Å². The molecule has 1 aliphatic rings. The topological polar surface area (TPSA) is 20.3 Å². The maximum atomic E-state index is 12.6. The minimum atomic E-state index is -0.0972. The van der Waals surface area contributed by atoms with Crippen LogP contribution >= 0.6 is 34.8 Å². The number of halogens is 3. The Bertz CT molecular complexity index is 818. The Morgan fingerprint density at radius 3 is 2.58 bits per heavy atom. The van der Waals surface area contributed by atoms with Crippen molar-refractivity contribution in [3.63, 3.8) is 0 Å². The fourth-order valence-corrected chi connectivity index (χ4v) is 3.83. The molecule has 5 heteroatoms. The minimum Gasteiger partial charge on any atom is -0.334 e. The average Bonchev–Trinajstić information content (AvgIpc) is 2.79. The summed E-state index contributed by atoms with van der Waals surface area (Å²) in [5, 5.41) is 1.58. The highest BCUT2D eigenvalue weighted by Gasteiger charge is 2.39. The Hall–Kier alpha value is -1.48. The lowest BCUT2D eigenvalue weighted by Crippen LogP contribution is -2.27. The van der Waals surface area contributed by atoms with Crippen molar-refractivity contribution in [3.05, 3.63) is 80.8 Å². The van der Waals surface area contributed by atoms with E-state index in [-0.39, 0.29) is 17.9 Å². The van der Waals surface area contributed by atoms with Gasteiger partial charge in [-0.2, -0.15) is 0 Å². The molecule has 0 saturated heterocycles. The molecule has 0 N–H and O–H groups in total. The Kier molecular flexibility index (Phi) is 4.91. The molecule has 1 aliphatic heterocycles. The van der Waals surface area contributed by atoms with Crippen molar-refractivity contribution in [2.75, 3.05) is 7.05 Å². The van der Waals surface area contributed by atoms with Gasteiger partial charge in [0.25, 0.3) is 5.91 Å². The Morgan fingerprint density at radius 1 is 1.17 bits per heavy atom. The van der Waals surface area contributed by atoms with E-state index < -0.39 is 0 Å². The second kappa shape index (κ2) is 6.79. The van der Waals surface area contributed by atoms with Crippen LogP contribution in [0.25, 0.3) is 0 Å². The molecule has 0 radical (unpaired) electrons. The van der Waals surface area contributed by atoms with E-state index in [1.807, 2.05) is 37.4 Å². The highest BCUT2D eigenvalue weighted by molar-refractivity contribution is 6.42. The molecule has 124 valence electrons. The normalized spacial score (nSPS) is 17.8. The standard InChI is InChI=1S/C19H16Cl3NO/c1-3-4-13(11-5-8-16(21)17(22)9-11)18-14-7-6-12(20)10-15(14)19(24)23(18)2/h3,5-10,13,18H,1,4H2,2H3. The molecule has 2 atom stereocenters. The molecule has 1 heterocycles. The molecule has 24 heavy (non-hydrogen) atoms. The van der Waals surface area contributed by atoms with E-state index in [1.54, 1.807) is 17.0 Å². The van der Waals surface area contributed by atoms with Crippen LogP contribution in [0.1, 0.15) is 39.9 Å². The van der Waals surface area contributed by atoms with Gasteiger partial charge in [-0.15, -0.1) is 6.58 Å². The van der Waals surface area contributed by atoms with Crippen LogP contribution in [0, 0.1) is 0 Å².